The van der Waals surface area contributed by atoms with E-state index in [0.717, 1.165) is 5.56 Å². The number of nitrogens with one attached hydrogen (secondary N) is 1. The Bertz CT molecular complexity index is 894. The molecule has 0 amide bonds. The van der Waals surface area contributed by atoms with Gasteiger partial charge in [0.15, 0.2) is 16.4 Å². The van der Waals surface area contributed by atoms with E-state index in [9.17, 15) is 0 Å². The van der Waals surface area contributed by atoms with Gasteiger partial charge in [0.2, 0.25) is 0 Å². The van der Waals surface area contributed by atoms with Crippen LogP contribution >= 0.6 is 35.4 Å². The molecule has 0 radical (unpaired) electrons. The lowest BCUT2D eigenvalue weighted by molar-refractivity contribution is 0.586. The molecule has 4 nitrogen and oxygen atoms in total. The fourth-order valence-electron chi connectivity index (χ4n) is 2.09. The molecule has 1 aromatic carbocycles. The van der Waals surface area contributed by atoms with Crippen molar-refractivity contribution in [3.63, 3.8) is 0 Å². The summed E-state index contributed by atoms with van der Waals surface area (Å²) in [4.78, 5) is 0. The molecule has 0 saturated heterocycles. The SMILES string of the molecule is C=CCn1c(-c2ccc(-c3cc(Cl)ccc3Cl)o2)n[nH]c1=S. The van der Waals surface area contributed by atoms with Crippen molar-refractivity contribution in [2.24, 2.45) is 0 Å². The fourth-order valence-corrected chi connectivity index (χ4v) is 2.68. The van der Waals surface area contributed by atoms with Gasteiger partial charge < -0.3 is 4.42 Å². The maximum atomic E-state index is 6.20. The van der Waals surface area contributed by atoms with E-state index in [2.05, 4.69) is 16.8 Å². The lowest BCUT2D eigenvalue weighted by Crippen LogP contribution is -1.97. The Balaban J connectivity index is 2.06. The number of halogens is 2. The van der Waals surface area contributed by atoms with E-state index in [-0.39, 0.29) is 0 Å². The van der Waals surface area contributed by atoms with Crippen LogP contribution in [0.1, 0.15) is 0 Å². The molecule has 0 fully saturated rings. The molecule has 2 heterocycles. The summed E-state index contributed by atoms with van der Waals surface area (Å²) >= 11 is 17.4. The quantitative estimate of drug-likeness (QED) is 0.508. The van der Waals surface area contributed by atoms with Gasteiger partial charge in [-0.05, 0) is 42.5 Å². The largest absolute Gasteiger partial charge is 0.453 e. The number of H-pyrrole nitrogens is 1. The molecule has 2 aromatic heterocycles. The normalized spacial score (nSPS) is 10.8. The predicted molar refractivity (Wildman–Crippen MR) is 90.8 cm³/mol. The van der Waals surface area contributed by atoms with Gasteiger partial charge in [-0.15, -0.1) is 6.58 Å². The first-order chi connectivity index (χ1) is 10.6. The van der Waals surface area contributed by atoms with Gasteiger partial charge in [0, 0.05) is 17.1 Å². The highest BCUT2D eigenvalue weighted by Crippen LogP contribution is 2.33. The summed E-state index contributed by atoms with van der Waals surface area (Å²) in [5, 5.41) is 8.10. The van der Waals surface area contributed by atoms with E-state index in [1.807, 2.05) is 12.1 Å². The summed E-state index contributed by atoms with van der Waals surface area (Å²) < 4.78 is 8.17. The average Bonchev–Trinajstić information content (AvgIpc) is 3.10. The van der Waals surface area contributed by atoms with Crippen LogP contribution in [-0.4, -0.2) is 14.8 Å². The van der Waals surface area contributed by atoms with Gasteiger partial charge in [0.1, 0.15) is 5.76 Å². The van der Waals surface area contributed by atoms with Crippen LogP contribution in [0.4, 0.5) is 0 Å². The molecule has 22 heavy (non-hydrogen) atoms. The van der Waals surface area contributed by atoms with E-state index >= 15 is 0 Å². The van der Waals surface area contributed by atoms with Gasteiger partial charge in [0.25, 0.3) is 0 Å². The average molecular weight is 352 g/mol. The molecule has 3 rings (SSSR count). The molecule has 112 valence electrons. The molecule has 0 unspecified atom stereocenters. The molecule has 0 bridgehead atoms. The molecular formula is C15H11Cl2N3OS. The van der Waals surface area contributed by atoms with Crippen molar-refractivity contribution in [3.05, 3.63) is 57.8 Å². The molecule has 0 aliphatic heterocycles. The third-order valence-corrected chi connectivity index (χ3v) is 3.97. The molecule has 0 spiro atoms. The van der Waals surface area contributed by atoms with Crippen LogP contribution in [0.5, 0.6) is 0 Å². The minimum absolute atomic E-state index is 0.508. The number of aromatic nitrogens is 3. The Morgan fingerprint density at radius 1 is 1.27 bits per heavy atom. The lowest BCUT2D eigenvalue weighted by Gasteiger charge is -2.02. The molecule has 3 aromatic rings. The van der Waals surface area contributed by atoms with E-state index in [1.54, 1.807) is 28.8 Å². The van der Waals surface area contributed by atoms with E-state index in [0.29, 0.717) is 38.7 Å². The maximum Gasteiger partial charge on any atom is 0.198 e. The zero-order valence-corrected chi connectivity index (χ0v) is 13.7. The summed E-state index contributed by atoms with van der Waals surface area (Å²) in [6.07, 6.45) is 1.74. The van der Waals surface area contributed by atoms with Gasteiger partial charge in [0.05, 0.1) is 5.02 Å². The van der Waals surface area contributed by atoms with Gasteiger partial charge >= 0.3 is 0 Å². The molecule has 0 aliphatic rings. The first-order valence-electron chi connectivity index (χ1n) is 6.42. The zero-order valence-electron chi connectivity index (χ0n) is 11.3. The second-order valence-electron chi connectivity index (χ2n) is 4.54. The number of furan rings is 1. The number of nitrogens with zero attached hydrogens (tertiary/aromatic N) is 2. The summed E-state index contributed by atoms with van der Waals surface area (Å²) in [7, 11) is 0. The minimum atomic E-state index is 0.508. The number of benzene rings is 1. The molecule has 7 heteroatoms. The van der Waals surface area contributed by atoms with Crippen LogP contribution < -0.4 is 0 Å². The fraction of sp³-hybridized carbons (Fsp3) is 0.0667. The topological polar surface area (TPSA) is 46.8 Å². The van der Waals surface area contributed by atoms with Gasteiger partial charge in [-0.3, -0.25) is 9.67 Å². The van der Waals surface area contributed by atoms with Crippen molar-refractivity contribution in [1.29, 1.82) is 0 Å². The second-order valence-corrected chi connectivity index (χ2v) is 5.77. The Morgan fingerprint density at radius 3 is 2.82 bits per heavy atom. The van der Waals surface area contributed by atoms with Gasteiger partial charge in [-0.25, -0.2) is 0 Å². The standard InChI is InChI=1S/C15H11Cl2N3OS/c1-2-7-20-14(18-19-15(20)22)13-6-5-12(21-13)10-8-9(16)3-4-11(10)17/h2-6,8H,1,7H2,(H,19,22). The number of aromatic amines is 1. The Morgan fingerprint density at radius 2 is 2.05 bits per heavy atom. The van der Waals surface area contributed by atoms with Gasteiger partial charge in [-0.1, -0.05) is 29.3 Å². The summed E-state index contributed by atoms with van der Waals surface area (Å²) in [5.74, 6) is 1.80. The predicted octanol–water partition coefficient (Wildman–Crippen LogP) is 5.36. The monoisotopic (exact) mass is 351 g/mol. The van der Waals surface area contributed by atoms with Crippen molar-refractivity contribution < 1.29 is 4.42 Å². The molecule has 0 saturated carbocycles. The number of hydrogen-bond donors (Lipinski definition) is 1. The van der Waals surface area contributed by atoms with Crippen LogP contribution in [-0.2, 0) is 6.54 Å². The van der Waals surface area contributed by atoms with Crippen LogP contribution in [0, 0.1) is 4.77 Å². The first-order valence-corrected chi connectivity index (χ1v) is 7.58. The Labute approximate surface area is 142 Å². The van der Waals surface area contributed by atoms with Crippen molar-refractivity contribution in [2.45, 2.75) is 6.54 Å². The molecule has 1 N–H and O–H groups in total. The van der Waals surface area contributed by atoms with Crippen LogP contribution in [0.3, 0.4) is 0 Å². The van der Waals surface area contributed by atoms with Crippen LogP contribution in [0.15, 0.2) is 47.4 Å². The highest BCUT2D eigenvalue weighted by Gasteiger charge is 2.15. The van der Waals surface area contributed by atoms with Crippen molar-refractivity contribution in [3.8, 4) is 22.9 Å². The third-order valence-electron chi connectivity index (χ3n) is 3.09. The number of rotatable bonds is 4. The summed E-state index contributed by atoms with van der Waals surface area (Å²) in [6.45, 7) is 4.25. The second kappa shape index (κ2) is 6.12. The van der Waals surface area contributed by atoms with Crippen molar-refractivity contribution >= 4 is 35.4 Å². The van der Waals surface area contributed by atoms with E-state index < -0.39 is 0 Å². The van der Waals surface area contributed by atoms with Crippen molar-refractivity contribution in [2.75, 3.05) is 0 Å². The maximum absolute atomic E-state index is 6.20. The summed E-state index contributed by atoms with van der Waals surface area (Å²) in [6, 6.07) is 8.86. The molecular weight excluding hydrogens is 341 g/mol. The number of allylic oxidation sites excluding steroid dienone is 1. The lowest BCUT2D eigenvalue weighted by atomic mass is 10.2. The minimum Gasteiger partial charge on any atom is -0.453 e. The highest BCUT2D eigenvalue weighted by atomic mass is 35.5. The van der Waals surface area contributed by atoms with E-state index in [1.165, 1.54) is 0 Å². The highest BCUT2D eigenvalue weighted by molar-refractivity contribution is 7.71. The Kier molecular flexibility index (Phi) is 4.20. The Hall–Kier alpha value is -1.82. The molecule has 0 aliphatic carbocycles. The van der Waals surface area contributed by atoms with Crippen LogP contribution in [0.25, 0.3) is 22.9 Å². The van der Waals surface area contributed by atoms with E-state index in [4.69, 9.17) is 39.8 Å². The third kappa shape index (κ3) is 2.75. The van der Waals surface area contributed by atoms with Crippen LogP contribution in [0.2, 0.25) is 10.0 Å². The smallest absolute Gasteiger partial charge is 0.198 e. The first kappa shape index (κ1) is 15.1. The number of hydrogen-bond acceptors (Lipinski definition) is 3. The van der Waals surface area contributed by atoms with Crippen molar-refractivity contribution in [1.82, 2.24) is 14.8 Å². The summed E-state index contributed by atoms with van der Waals surface area (Å²) in [5.41, 5.74) is 0.727. The zero-order chi connectivity index (χ0) is 15.7. The molecule has 0 atom stereocenters. The van der Waals surface area contributed by atoms with Gasteiger partial charge in [-0.2, -0.15) is 5.10 Å².